The van der Waals surface area contributed by atoms with Gasteiger partial charge in [0.2, 0.25) is 17.8 Å². The number of carbonyl (C=O) groups excluding carboxylic acids is 3. The smallest absolute Gasteiger partial charge is 0.244 e. The number of hydrogen-bond donors (Lipinski definition) is 1. The van der Waals surface area contributed by atoms with Crippen LogP contribution in [0.15, 0.2) is 48.7 Å². The molecular weight excluding hydrogens is 423 g/mol. The zero-order chi connectivity index (χ0) is 23.7. The third kappa shape index (κ3) is 4.24. The fourth-order valence-electron chi connectivity index (χ4n) is 3.97. The minimum absolute atomic E-state index is 0.00724. The molecule has 2 aromatic heterocycles. The fourth-order valence-corrected chi connectivity index (χ4v) is 3.97. The second-order valence-corrected chi connectivity index (χ2v) is 7.93. The normalized spacial score (nSPS) is 14.8. The molecule has 1 aromatic carbocycles. The molecule has 0 saturated heterocycles. The third-order valence-corrected chi connectivity index (χ3v) is 5.64. The number of Topliss-reactive ketones (excluding diaryl/α,β-unsaturated/α-hetero) is 1. The van der Waals surface area contributed by atoms with Gasteiger partial charge in [-0.05, 0) is 50.2 Å². The van der Waals surface area contributed by atoms with Gasteiger partial charge in [-0.3, -0.25) is 19.4 Å². The molecule has 0 aliphatic carbocycles. The van der Waals surface area contributed by atoms with E-state index in [0.29, 0.717) is 34.6 Å². The third-order valence-electron chi connectivity index (χ3n) is 5.64. The van der Waals surface area contributed by atoms with Gasteiger partial charge < -0.3 is 10.2 Å². The van der Waals surface area contributed by atoms with E-state index in [2.05, 4.69) is 15.3 Å². The number of benzene rings is 1. The van der Waals surface area contributed by atoms with E-state index in [-0.39, 0.29) is 29.5 Å². The number of nitrogens with zero attached hydrogens (tertiary/aromatic N) is 3. The Morgan fingerprint density at radius 2 is 1.91 bits per heavy atom. The molecule has 33 heavy (non-hydrogen) atoms. The van der Waals surface area contributed by atoms with Crippen LogP contribution in [0.1, 0.15) is 47.9 Å². The van der Waals surface area contributed by atoms with E-state index in [4.69, 9.17) is 0 Å². The van der Waals surface area contributed by atoms with E-state index in [1.54, 1.807) is 69.4 Å². The Balaban J connectivity index is 1.67. The summed E-state index contributed by atoms with van der Waals surface area (Å²) in [4.78, 5) is 47.6. The minimum atomic E-state index is -0.720. The standard InChI is InChI=1S/C25H23FN4O3/c1-4-20(31)16-7-9-17(10-8-16)29-21(32)13-30-19-12-14(2)28-24(26)22(19)18-6-5-11-27-23(18)15(3)25(30)33/h5-12,15H,4,13H2,1-3H3,(H,29,32). The van der Waals surface area contributed by atoms with Crippen LogP contribution in [0.2, 0.25) is 0 Å². The highest BCUT2D eigenvalue weighted by Gasteiger charge is 2.35. The highest BCUT2D eigenvalue weighted by atomic mass is 19.1. The highest BCUT2D eigenvalue weighted by Crippen LogP contribution is 2.41. The topological polar surface area (TPSA) is 92.3 Å². The summed E-state index contributed by atoms with van der Waals surface area (Å²) in [5, 5.41) is 2.74. The van der Waals surface area contributed by atoms with Crippen molar-refractivity contribution < 1.29 is 18.8 Å². The summed E-state index contributed by atoms with van der Waals surface area (Å²) in [5.41, 5.74) is 2.79. The van der Waals surface area contributed by atoms with Crippen molar-refractivity contribution in [3.63, 3.8) is 0 Å². The summed E-state index contributed by atoms with van der Waals surface area (Å²) in [6.07, 6.45) is 1.94. The molecule has 0 radical (unpaired) electrons. The van der Waals surface area contributed by atoms with Crippen LogP contribution in [0, 0.1) is 12.9 Å². The first-order valence-electron chi connectivity index (χ1n) is 10.7. The average molecular weight is 446 g/mol. The molecule has 1 N–H and O–H groups in total. The maximum atomic E-state index is 15.0. The summed E-state index contributed by atoms with van der Waals surface area (Å²) in [6, 6.07) is 11.5. The van der Waals surface area contributed by atoms with Crippen molar-refractivity contribution in [3.8, 4) is 11.1 Å². The second-order valence-electron chi connectivity index (χ2n) is 7.93. The zero-order valence-corrected chi connectivity index (χ0v) is 18.6. The van der Waals surface area contributed by atoms with E-state index in [0.717, 1.165) is 0 Å². The Hall–Kier alpha value is -3.94. The molecule has 8 heteroatoms. The molecule has 3 heterocycles. The largest absolute Gasteiger partial charge is 0.325 e. The first-order valence-corrected chi connectivity index (χ1v) is 10.7. The number of nitrogens with one attached hydrogen (secondary N) is 1. The number of aromatic nitrogens is 2. The first-order chi connectivity index (χ1) is 15.8. The van der Waals surface area contributed by atoms with Gasteiger partial charge in [-0.15, -0.1) is 0 Å². The van der Waals surface area contributed by atoms with Gasteiger partial charge in [-0.1, -0.05) is 13.0 Å². The quantitative estimate of drug-likeness (QED) is 0.467. The molecule has 0 bridgehead atoms. The Labute approximate surface area is 190 Å². The molecule has 0 fully saturated rings. The maximum absolute atomic E-state index is 15.0. The molecule has 0 saturated carbocycles. The van der Waals surface area contributed by atoms with Crippen molar-refractivity contribution in [1.29, 1.82) is 0 Å². The zero-order valence-electron chi connectivity index (χ0n) is 18.6. The molecule has 2 amide bonds. The molecule has 1 atom stereocenters. The van der Waals surface area contributed by atoms with Crippen LogP contribution in [0.3, 0.4) is 0 Å². The van der Waals surface area contributed by atoms with E-state index in [1.807, 2.05) is 0 Å². The van der Waals surface area contributed by atoms with Gasteiger partial charge in [0, 0.05) is 35.1 Å². The monoisotopic (exact) mass is 446 g/mol. The molecule has 1 unspecified atom stereocenters. The predicted molar refractivity (Wildman–Crippen MR) is 123 cm³/mol. The van der Waals surface area contributed by atoms with Crippen LogP contribution in [0.4, 0.5) is 15.8 Å². The number of fused-ring (bicyclic) bond motifs is 3. The molecular formula is C25H23FN4O3. The van der Waals surface area contributed by atoms with Gasteiger partial charge >= 0.3 is 0 Å². The van der Waals surface area contributed by atoms with Gasteiger partial charge in [0.1, 0.15) is 6.54 Å². The Bertz CT molecular complexity index is 1260. The van der Waals surface area contributed by atoms with Crippen molar-refractivity contribution >= 4 is 29.0 Å². The summed E-state index contributed by atoms with van der Waals surface area (Å²) in [6.45, 7) is 4.78. The molecule has 7 nitrogen and oxygen atoms in total. The van der Waals surface area contributed by atoms with Crippen LogP contribution in [0.25, 0.3) is 11.1 Å². The number of pyridine rings is 2. The van der Waals surface area contributed by atoms with Crippen molar-refractivity contribution in [2.45, 2.75) is 33.1 Å². The second kappa shape index (κ2) is 8.90. The number of ketones is 1. The van der Waals surface area contributed by atoms with Gasteiger partial charge in [-0.25, -0.2) is 4.98 Å². The lowest BCUT2D eigenvalue weighted by Gasteiger charge is -2.24. The van der Waals surface area contributed by atoms with E-state index < -0.39 is 17.8 Å². The van der Waals surface area contributed by atoms with Gasteiger partial charge in [-0.2, -0.15) is 4.39 Å². The Morgan fingerprint density at radius 1 is 1.18 bits per heavy atom. The summed E-state index contributed by atoms with van der Waals surface area (Å²) in [7, 11) is 0. The SMILES string of the molecule is CCC(=O)c1ccc(NC(=O)CN2C(=O)C(C)c3ncccc3-c3c2cc(C)nc3F)cc1. The highest BCUT2D eigenvalue weighted by molar-refractivity contribution is 6.09. The van der Waals surface area contributed by atoms with Crippen LogP contribution in [-0.4, -0.2) is 34.1 Å². The number of aryl methyl sites for hydroxylation is 1. The van der Waals surface area contributed by atoms with Crippen LogP contribution >= 0.6 is 0 Å². The lowest BCUT2D eigenvalue weighted by Crippen LogP contribution is -2.40. The summed E-state index contributed by atoms with van der Waals surface area (Å²) < 4.78 is 15.0. The van der Waals surface area contributed by atoms with Crippen molar-refractivity contribution in [2.75, 3.05) is 16.8 Å². The lowest BCUT2D eigenvalue weighted by molar-refractivity contribution is -0.122. The number of rotatable bonds is 5. The van der Waals surface area contributed by atoms with Crippen molar-refractivity contribution in [1.82, 2.24) is 9.97 Å². The fraction of sp³-hybridized carbons (Fsp3) is 0.240. The molecule has 0 spiro atoms. The predicted octanol–water partition coefficient (Wildman–Crippen LogP) is 4.27. The Morgan fingerprint density at radius 3 is 2.61 bits per heavy atom. The van der Waals surface area contributed by atoms with Crippen LogP contribution < -0.4 is 10.2 Å². The number of hydrogen-bond acceptors (Lipinski definition) is 5. The molecule has 3 aromatic rings. The van der Waals surface area contributed by atoms with Gasteiger partial charge in [0.05, 0.1) is 22.9 Å². The first kappa shape index (κ1) is 22.3. The number of halogens is 1. The number of amides is 2. The van der Waals surface area contributed by atoms with Gasteiger partial charge in [0.25, 0.3) is 0 Å². The average Bonchev–Trinajstić information content (AvgIpc) is 2.88. The minimum Gasteiger partial charge on any atom is -0.325 e. The van der Waals surface area contributed by atoms with Gasteiger partial charge in [0.15, 0.2) is 5.78 Å². The molecule has 1 aliphatic heterocycles. The van der Waals surface area contributed by atoms with Crippen LogP contribution in [0.5, 0.6) is 0 Å². The number of anilines is 2. The molecule has 1 aliphatic rings. The summed E-state index contributed by atoms with van der Waals surface area (Å²) in [5.74, 6) is -2.21. The lowest BCUT2D eigenvalue weighted by atomic mass is 9.98. The Kier molecular flexibility index (Phi) is 6.00. The summed E-state index contributed by atoms with van der Waals surface area (Å²) >= 11 is 0. The maximum Gasteiger partial charge on any atom is 0.244 e. The number of carbonyl (C=O) groups is 3. The molecule has 168 valence electrons. The van der Waals surface area contributed by atoms with E-state index in [1.165, 1.54) is 4.90 Å². The van der Waals surface area contributed by atoms with E-state index in [9.17, 15) is 14.4 Å². The van der Waals surface area contributed by atoms with Crippen LogP contribution in [-0.2, 0) is 9.59 Å². The van der Waals surface area contributed by atoms with Crippen molar-refractivity contribution in [2.24, 2.45) is 0 Å². The molecule has 4 rings (SSSR count). The van der Waals surface area contributed by atoms with E-state index >= 15 is 4.39 Å². The van der Waals surface area contributed by atoms with Crippen molar-refractivity contribution in [3.05, 3.63) is 71.6 Å².